The number of carbonyl (C=O) groups is 1. The Kier molecular flexibility index (Phi) is 5.01. The summed E-state index contributed by atoms with van der Waals surface area (Å²) in [7, 11) is 0. The van der Waals surface area contributed by atoms with E-state index in [4.69, 9.17) is 0 Å². The molecule has 1 aromatic carbocycles. The Bertz CT molecular complexity index is 595. The van der Waals surface area contributed by atoms with E-state index in [1.165, 1.54) is 11.8 Å². The Morgan fingerprint density at radius 2 is 2.05 bits per heavy atom. The second-order valence-electron chi connectivity index (χ2n) is 5.39. The van der Waals surface area contributed by atoms with E-state index in [1.54, 1.807) is 6.33 Å². The van der Waals surface area contributed by atoms with Gasteiger partial charge >= 0.3 is 0 Å². The summed E-state index contributed by atoms with van der Waals surface area (Å²) in [5.74, 6) is 0.337. The van der Waals surface area contributed by atoms with Crippen LogP contribution in [0.2, 0.25) is 0 Å². The number of thioether (sulfide) groups is 1. The number of aromatic nitrogens is 3. The number of nitrogens with one attached hydrogen (secondary N) is 1. The molecule has 0 unspecified atom stereocenters. The average Bonchev–Trinajstić information content (AvgIpc) is 2.94. The van der Waals surface area contributed by atoms with E-state index < -0.39 is 0 Å². The van der Waals surface area contributed by atoms with Crippen molar-refractivity contribution in [1.82, 2.24) is 20.1 Å². The number of nitrogens with zero attached hydrogens (tertiary/aromatic N) is 3. The predicted octanol–water partition coefficient (Wildman–Crippen LogP) is 2.66. The fraction of sp³-hybridized carbons (Fsp3) is 0.400. The molecule has 1 N–H and O–H groups in total. The summed E-state index contributed by atoms with van der Waals surface area (Å²) >= 11 is 1.39. The predicted molar refractivity (Wildman–Crippen MR) is 84.6 cm³/mol. The first-order chi connectivity index (χ1) is 10.0. The van der Waals surface area contributed by atoms with Gasteiger partial charge in [0, 0.05) is 11.2 Å². The first-order valence-corrected chi connectivity index (χ1v) is 7.89. The van der Waals surface area contributed by atoms with Crippen LogP contribution < -0.4 is 5.32 Å². The van der Waals surface area contributed by atoms with Crippen LogP contribution in [0.15, 0.2) is 41.8 Å². The third-order valence-electron chi connectivity index (χ3n) is 3.24. The largest absolute Gasteiger partial charge is 0.351 e. The van der Waals surface area contributed by atoms with Crippen LogP contribution in [0.25, 0.3) is 5.69 Å². The summed E-state index contributed by atoms with van der Waals surface area (Å²) < 4.78 is 1.88. The number of carbonyl (C=O) groups excluding carboxylic acids is 1. The minimum atomic E-state index is -0.176. The van der Waals surface area contributed by atoms with Crippen molar-refractivity contribution < 1.29 is 4.79 Å². The Balaban J connectivity index is 1.99. The maximum Gasteiger partial charge on any atom is 0.230 e. The van der Waals surface area contributed by atoms with Crippen LogP contribution in [-0.4, -0.2) is 32.0 Å². The van der Waals surface area contributed by atoms with Crippen molar-refractivity contribution >= 4 is 17.7 Å². The van der Waals surface area contributed by atoms with Crippen molar-refractivity contribution in [3.8, 4) is 5.69 Å². The van der Waals surface area contributed by atoms with Crippen molar-refractivity contribution in [2.45, 2.75) is 37.9 Å². The SMILES string of the molecule is CCC(C)(C)NC(=O)CSc1nncn1-c1ccccc1. The van der Waals surface area contributed by atoms with Gasteiger partial charge in [0.15, 0.2) is 5.16 Å². The van der Waals surface area contributed by atoms with Crippen LogP contribution in [0.4, 0.5) is 0 Å². The Labute approximate surface area is 129 Å². The monoisotopic (exact) mass is 304 g/mol. The van der Waals surface area contributed by atoms with Crippen LogP contribution in [-0.2, 0) is 4.79 Å². The molecule has 0 aliphatic rings. The molecular formula is C15H20N4OS. The van der Waals surface area contributed by atoms with Gasteiger partial charge in [0.1, 0.15) is 6.33 Å². The molecule has 2 rings (SSSR count). The van der Waals surface area contributed by atoms with Gasteiger partial charge in [-0.25, -0.2) is 0 Å². The average molecular weight is 304 g/mol. The molecule has 5 nitrogen and oxygen atoms in total. The van der Waals surface area contributed by atoms with E-state index in [1.807, 2.05) is 48.7 Å². The third kappa shape index (κ3) is 4.32. The second kappa shape index (κ2) is 6.76. The molecule has 0 radical (unpaired) electrons. The molecule has 0 fully saturated rings. The fourth-order valence-corrected chi connectivity index (χ4v) is 2.45. The molecule has 112 valence electrons. The van der Waals surface area contributed by atoms with Crippen LogP contribution >= 0.6 is 11.8 Å². The highest BCUT2D eigenvalue weighted by Crippen LogP contribution is 2.19. The Morgan fingerprint density at radius 1 is 1.33 bits per heavy atom. The van der Waals surface area contributed by atoms with Crippen molar-refractivity contribution in [2.75, 3.05) is 5.75 Å². The zero-order valence-corrected chi connectivity index (χ0v) is 13.4. The molecule has 0 atom stereocenters. The topological polar surface area (TPSA) is 59.8 Å². The van der Waals surface area contributed by atoms with Crippen LogP contribution in [0.3, 0.4) is 0 Å². The maximum absolute atomic E-state index is 12.0. The summed E-state index contributed by atoms with van der Waals surface area (Å²) in [5, 5.41) is 11.7. The quantitative estimate of drug-likeness (QED) is 0.834. The molecule has 0 aliphatic carbocycles. The van der Waals surface area contributed by atoms with Crippen molar-refractivity contribution in [2.24, 2.45) is 0 Å². The molecule has 21 heavy (non-hydrogen) atoms. The molecule has 0 saturated heterocycles. The first-order valence-electron chi connectivity index (χ1n) is 6.91. The van der Waals surface area contributed by atoms with E-state index in [0.717, 1.165) is 12.1 Å². The number of amides is 1. The highest BCUT2D eigenvalue weighted by atomic mass is 32.2. The summed E-state index contributed by atoms with van der Waals surface area (Å²) in [6, 6.07) is 9.84. The molecule has 1 amide bonds. The zero-order chi connectivity index (χ0) is 15.3. The number of rotatable bonds is 6. The summed E-state index contributed by atoms with van der Waals surface area (Å²) in [6.45, 7) is 6.09. The van der Waals surface area contributed by atoms with Gasteiger partial charge in [-0.05, 0) is 32.4 Å². The summed E-state index contributed by atoms with van der Waals surface area (Å²) in [5.41, 5.74) is 0.810. The zero-order valence-electron chi connectivity index (χ0n) is 12.5. The molecule has 6 heteroatoms. The minimum Gasteiger partial charge on any atom is -0.351 e. The van der Waals surface area contributed by atoms with E-state index in [9.17, 15) is 4.79 Å². The van der Waals surface area contributed by atoms with E-state index in [2.05, 4.69) is 22.4 Å². The fourth-order valence-electron chi connectivity index (χ4n) is 1.72. The third-order valence-corrected chi connectivity index (χ3v) is 4.19. The van der Waals surface area contributed by atoms with Crippen LogP contribution in [0, 0.1) is 0 Å². The van der Waals surface area contributed by atoms with E-state index in [-0.39, 0.29) is 11.4 Å². The van der Waals surface area contributed by atoms with Gasteiger partial charge in [-0.3, -0.25) is 9.36 Å². The van der Waals surface area contributed by atoms with Gasteiger partial charge in [-0.1, -0.05) is 36.9 Å². The number of hydrogen-bond acceptors (Lipinski definition) is 4. The summed E-state index contributed by atoms with van der Waals surface area (Å²) in [4.78, 5) is 12.0. The highest BCUT2D eigenvalue weighted by molar-refractivity contribution is 7.99. The smallest absolute Gasteiger partial charge is 0.230 e. The lowest BCUT2D eigenvalue weighted by Gasteiger charge is -2.24. The maximum atomic E-state index is 12.0. The standard InChI is InChI=1S/C15H20N4OS/c1-4-15(2,3)17-13(20)10-21-14-18-16-11-19(14)12-8-6-5-7-9-12/h5-9,11H,4,10H2,1-3H3,(H,17,20). The molecule has 1 aromatic heterocycles. The van der Waals surface area contributed by atoms with E-state index in [0.29, 0.717) is 10.9 Å². The lowest BCUT2D eigenvalue weighted by molar-refractivity contribution is -0.120. The molecule has 0 aliphatic heterocycles. The molecule has 1 heterocycles. The second-order valence-corrected chi connectivity index (χ2v) is 6.34. The van der Waals surface area contributed by atoms with Crippen molar-refractivity contribution in [3.05, 3.63) is 36.7 Å². The molecule has 0 bridgehead atoms. The van der Waals surface area contributed by atoms with E-state index >= 15 is 0 Å². The molecule has 2 aromatic rings. The molecule has 0 spiro atoms. The number of benzene rings is 1. The van der Waals surface area contributed by atoms with Gasteiger partial charge in [0.25, 0.3) is 0 Å². The normalized spacial score (nSPS) is 11.4. The van der Waals surface area contributed by atoms with Gasteiger partial charge in [0.05, 0.1) is 5.75 Å². The first kappa shape index (κ1) is 15.6. The van der Waals surface area contributed by atoms with Gasteiger partial charge < -0.3 is 5.32 Å². The van der Waals surface area contributed by atoms with Crippen molar-refractivity contribution in [3.63, 3.8) is 0 Å². The van der Waals surface area contributed by atoms with Gasteiger partial charge in [-0.15, -0.1) is 10.2 Å². The molecular weight excluding hydrogens is 284 g/mol. The lowest BCUT2D eigenvalue weighted by Crippen LogP contribution is -2.43. The highest BCUT2D eigenvalue weighted by Gasteiger charge is 2.18. The number of hydrogen-bond donors (Lipinski definition) is 1. The Hall–Kier alpha value is -1.82. The Morgan fingerprint density at radius 3 is 2.71 bits per heavy atom. The van der Waals surface area contributed by atoms with Crippen LogP contribution in [0.1, 0.15) is 27.2 Å². The molecule has 0 saturated carbocycles. The number of para-hydroxylation sites is 1. The lowest BCUT2D eigenvalue weighted by atomic mass is 10.0. The van der Waals surface area contributed by atoms with Crippen LogP contribution in [0.5, 0.6) is 0 Å². The minimum absolute atomic E-state index is 0.00876. The van der Waals surface area contributed by atoms with Gasteiger partial charge in [-0.2, -0.15) is 0 Å². The van der Waals surface area contributed by atoms with Crippen molar-refractivity contribution in [1.29, 1.82) is 0 Å². The summed E-state index contributed by atoms with van der Waals surface area (Å²) in [6.07, 6.45) is 2.55. The van der Waals surface area contributed by atoms with Gasteiger partial charge in [0.2, 0.25) is 5.91 Å².